The average molecular weight is 352 g/mol. The fraction of sp³-hybridized carbons (Fsp3) is 0.250. The van der Waals surface area contributed by atoms with E-state index in [1.54, 1.807) is 6.20 Å². The van der Waals surface area contributed by atoms with Crippen LogP contribution in [-0.4, -0.2) is 35.2 Å². The molecule has 2 aromatic carbocycles. The van der Waals surface area contributed by atoms with Crippen molar-refractivity contribution in [1.82, 2.24) is 4.98 Å². The van der Waals surface area contributed by atoms with Gasteiger partial charge < -0.3 is 26.9 Å². The Kier molecular flexibility index (Phi) is 5.68. The third-order valence-electron chi connectivity index (χ3n) is 4.44. The number of carbonyl (C=O) groups excluding carboxylic acids is 1. The second-order valence-corrected chi connectivity index (χ2v) is 6.32. The maximum atomic E-state index is 11.9. The van der Waals surface area contributed by atoms with Crippen LogP contribution in [-0.2, 0) is 11.2 Å². The van der Waals surface area contributed by atoms with Gasteiger partial charge in [-0.05, 0) is 35.6 Å². The quantitative estimate of drug-likeness (QED) is 0.447. The van der Waals surface area contributed by atoms with E-state index in [9.17, 15) is 4.79 Å². The summed E-state index contributed by atoms with van der Waals surface area (Å²) in [6.07, 6.45) is 3.41. The molecule has 3 aromatic rings. The normalized spacial score (nSPS) is 12.3. The van der Waals surface area contributed by atoms with E-state index in [2.05, 4.69) is 40.6 Å². The molecule has 0 saturated heterocycles. The lowest BCUT2D eigenvalue weighted by Crippen LogP contribution is -2.41. The molecule has 1 heterocycles. The van der Waals surface area contributed by atoms with Crippen molar-refractivity contribution in [1.29, 1.82) is 0 Å². The van der Waals surface area contributed by atoms with E-state index in [-0.39, 0.29) is 19.1 Å². The lowest BCUT2D eigenvalue weighted by atomic mass is 10.0. The number of anilines is 1. The highest BCUT2D eigenvalue weighted by molar-refractivity contribution is 6.04. The van der Waals surface area contributed by atoms with Crippen molar-refractivity contribution in [3.63, 3.8) is 0 Å². The fourth-order valence-electron chi connectivity index (χ4n) is 2.89. The van der Waals surface area contributed by atoms with Crippen LogP contribution in [0.2, 0.25) is 0 Å². The molecule has 7 N–H and O–H groups in total. The largest absolute Gasteiger partial charge is 0.396 e. The molecule has 0 saturated carbocycles. The van der Waals surface area contributed by atoms with E-state index >= 15 is 0 Å². The number of nitrogens with one attached hydrogen (secondary N) is 2. The molecule has 3 rings (SSSR count). The number of hydrogen-bond acceptors (Lipinski definition) is 4. The third kappa shape index (κ3) is 3.94. The van der Waals surface area contributed by atoms with Crippen LogP contribution in [0.4, 0.5) is 5.69 Å². The number of aliphatic hydroxyl groups is 1. The van der Waals surface area contributed by atoms with Crippen LogP contribution in [0.5, 0.6) is 0 Å². The molecule has 0 spiro atoms. The van der Waals surface area contributed by atoms with Crippen LogP contribution in [0.3, 0.4) is 0 Å². The Morgan fingerprint density at radius 3 is 2.58 bits per heavy atom. The number of fused-ring (bicyclic) bond motifs is 1. The SMILES string of the molecule is NC[C@@H](N)C(=O)Nc1c[nH]c2cc(-c3ccc(CCCO)cc3)ccc12. The predicted octanol–water partition coefficient (Wildman–Crippen LogP) is 1.98. The number of H-pyrrole nitrogens is 1. The van der Waals surface area contributed by atoms with E-state index in [1.165, 1.54) is 5.56 Å². The smallest absolute Gasteiger partial charge is 0.242 e. The number of hydrogen-bond donors (Lipinski definition) is 5. The van der Waals surface area contributed by atoms with Crippen molar-refractivity contribution >= 4 is 22.5 Å². The zero-order valence-electron chi connectivity index (χ0n) is 14.5. The lowest BCUT2D eigenvalue weighted by molar-refractivity contribution is -0.117. The molecular weight excluding hydrogens is 328 g/mol. The Morgan fingerprint density at radius 1 is 1.15 bits per heavy atom. The van der Waals surface area contributed by atoms with Gasteiger partial charge in [0.15, 0.2) is 0 Å². The van der Waals surface area contributed by atoms with Crippen LogP contribution in [0.25, 0.3) is 22.0 Å². The molecule has 0 radical (unpaired) electrons. The summed E-state index contributed by atoms with van der Waals surface area (Å²) < 4.78 is 0. The summed E-state index contributed by atoms with van der Waals surface area (Å²) in [5.41, 5.74) is 16.1. The van der Waals surface area contributed by atoms with Gasteiger partial charge in [0.2, 0.25) is 5.91 Å². The van der Waals surface area contributed by atoms with Gasteiger partial charge in [-0.3, -0.25) is 4.79 Å². The molecule has 0 unspecified atom stereocenters. The minimum Gasteiger partial charge on any atom is -0.396 e. The van der Waals surface area contributed by atoms with Crippen LogP contribution < -0.4 is 16.8 Å². The van der Waals surface area contributed by atoms with Crippen molar-refractivity contribution < 1.29 is 9.90 Å². The summed E-state index contributed by atoms with van der Waals surface area (Å²) >= 11 is 0. The van der Waals surface area contributed by atoms with Crippen molar-refractivity contribution in [2.75, 3.05) is 18.5 Å². The number of benzene rings is 2. The topological polar surface area (TPSA) is 117 Å². The maximum absolute atomic E-state index is 11.9. The highest BCUT2D eigenvalue weighted by Gasteiger charge is 2.14. The van der Waals surface area contributed by atoms with Gasteiger partial charge in [-0.2, -0.15) is 0 Å². The zero-order valence-corrected chi connectivity index (χ0v) is 14.5. The first-order valence-electron chi connectivity index (χ1n) is 8.70. The molecule has 6 heteroatoms. The average Bonchev–Trinajstić information content (AvgIpc) is 3.08. The monoisotopic (exact) mass is 352 g/mol. The second kappa shape index (κ2) is 8.14. The maximum Gasteiger partial charge on any atom is 0.242 e. The molecule has 26 heavy (non-hydrogen) atoms. The van der Waals surface area contributed by atoms with Gasteiger partial charge in [0, 0.05) is 30.3 Å². The molecule has 136 valence electrons. The summed E-state index contributed by atoms with van der Waals surface area (Å²) in [5.74, 6) is -0.295. The zero-order chi connectivity index (χ0) is 18.5. The van der Waals surface area contributed by atoms with Crippen molar-refractivity contribution in [2.45, 2.75) is 18.9 Å². The highest BCUT2D eigenvalue weighted by atomic mass is 16.2. The summed E-state index contributed by atoms with van der Waals surface area (Å²) in [4.78, 5) is 15.1. The van der Waals surface area contributed by atoms with Gasteiger partial charge in [0.1, 0.15) is 0 Å². The summed E-state index contributed by atoms with van der Waals surface area (Å²) in [7, 11) is 0. The Morgan fingerprint density at radius 2 is 1.88 bits per heavy atom. The van der Waals surface area contributed by atoms with Gasteiger partial charge in [-0.1, -0.05) is 36.4 Å². The van der Waals surface area contributed by atoms with E-state index in [4.69, 9.17) is 16.6 Å². The van der Waals surface area contributed by atoms with Gasteiger partial charge in [-0.15, -0.1) is 0 Å². The predicted molar refractivity (Wildman–Crippen MR) is 105 cm³/mol. The Balaban J connectivity index is 1.81. The van der Waals surface area contributed by atoms with Crippen LogP contribution in [0.1, 0.15) is 12.0 Å². The summed E-state index contributed by atoms with van der Waals surface area (Å²) in [6, 6.07) is 13.7. The molecule has 1 amide bonds. The number of aliphatic hydroxyl groups excluding tert-OH is 1. The van der Waals surface area contributed by atoms with Crippen LogP contribution >= 0.6 is 0 Å². The van der Waals surface area contributed by atoms with E-state index in [0.717, 1.165) is 34.9 Å². The standard InChI is InChI=1S/C20H24N4O2/c21-11-17(22)20(26)24-19-12-23-18-10-15(7-8-16(18)19)14-5-3-13(4-6-14)2-1-9-25/h3-8,10,12,17,23,25H,1-2,9,11,21-22H2,(H,24,26)/t17-/m1/s1. The minimum absolute atomic E-state index is 0.104. The fourth-order valence-corrected chi connectivity index (χ4v) is 2.89. The molecule has 1 atom stereocenters. The molecule has 0 aliphatic rings. The first-order valence-corrected chi connectivity index (χ1v) is 8.70. The molecule has 1 aromatic heterocycles. The van der Waals surface area contributed by atoms with Crippen LogP contribution in [0.15, 0.2) is 48.7 Å². The number of carbonyl (C=O) groups is 1. The van der Waals surface area contributed by atoms with Gasteiger partial charge >= 0.3 is 0 Å². The van der Waals surface area contributed by atoms with Gasteiger partial charge in [-0.25, -0.2) is 0 Å². The van der Waals surface area contributed by atoms with Crippen molar-refractivity contribution in [2.24, 2.45) is 11.5 Å². The first kappa shape index (κ1) is 18.1. The first-order chi connectivity index (χ1) is 12.6. The van der Waals surface area contributed by atoms with E-state index in [1.807, 2.05) is 12.1 Å². The Hall–Kier alpha value is -2.67. The summed E-state index contributed by atoms with van der Waals surface area (Å²) in [6.45, 7) is 0.312. The number of aromatic nitrogens is 1. The summed E-state index contributed by atoms with van der Waals surface area (Å²) in [5, 5.41) is 12.6. The molecule has 0 fully saturated rings. The third-order valence-corrected chi connectivity index (χ3v) is 4.44. The number of aryl methyl sites for hydroxylation is 1. The van der Waals surface area contributed by atoms with Crippen LogP contribution in [0, 0.1) is 0 Å². The number of nitrogens with two attached hydrogens (primary N) is 2. The van der Waals surface area contributed by atoms with E-state index < -0.39 is 6.04 Å². The van der Waals surface area contributed by atoms with E-state index in [0.29, 0.717) is 5.69 Å². The van der Waals surface area contributed by atoms with Crippen molar-refractivity contribution in [3.05, 3.63) is 54.2 Å². The number of rotatable bonds is 7. The lowest BCUT2D eigenvalue weighted by Gasteiger charge is -2.09. The highest BCUT2D eigenvalue weighted by Crippen LogP contribution is 2.29. The number of amides is 1. The molecule has 0 aliphatic heterocycles. The second-order valence-electron chi connectivity index (χ2n) is 6.32. The number of aromatic amines is 1. The minimum atomic E-state index is -0.719. The van der Waals surface area contributed by atoms with Gasteiger partial charge in [0.05, 0.1) is 11.7 Å². The Labute approximate surface area is 152 Å². The molecular formula is C20H24N4O2. The molecule has 0 aliphatic carbocycles. The molecule has 0 bridgehead atoms. The molecule has 6 nitrogen and oxygen atoms in total. The van der Waals surface area contributed by atoms with Crippen molar-refractivity contribution in [3.8, 4) is 11.1 Å². The van der Waals surface area contributed by atoms with Gasteiger partial charge in [0.25, 0.3) is 0 Å². The Bertz CT molecular complexity index is 886.